The maximum absolute atomic E-state index is 4.05. The van der Waals surface area contributed by atoms with Gasteiger partial charge in [-0.3, -0.25) is 0 Å². The highest BCUT2D eigenvalue weighted by atomic mass is 15.2. The summed E-state index contributed by atoms with van der Waals surface area (Å²) in [4.78, 5) is 2.32. The number of hydrogen-bond acceptors (Lipinski definition) is 4. The SMILES string of the molecule is Cc1cnnc(NC2CCN(C)C2)c1. The minimum absolute atomic E-state index is 0.524. The lowest BCUT2D eigenvalue weighted by Gasteiger charge is -2.12. The quantitative estimate of drug-likeness (QED) is 0.756. The van der Waals surface area contributed by atoms with Gasteiger partial charge in [-0.1, -0.05) is 0 Å². The summed E-state index contributed by atoms with van der Waals surface area (Å²) >= 11 is 0. The highest BCUT2D eigenvalue weighted by Crippen LogP contribution is 2.12. The Balaban J connectivity index is 1.97. The molecule has 0 saturated carbocycles. The van der Waals surface area contributed by atoms with E-state index in [-0.39, 0.29) is 0 Å². The molecule has 1 aromatic rings. The van der Waals surface area contributed by atoms with Gasteiger partial charge in [0.1, 0.15) is 5.82 Å². The van der Waals surface area contributed by atoms with E-state index < -0.39 is 0 Å². The fourth-order valence-corrected chi connectivity index (χ4v) is 1.80. The van der Waals surface area contributed by atoms with Crippen LogP contribution in [-0.2, 0) is 0 Å². The first kappa shape index (κ1) is 9.40. The number of likely N-dealkylation sites (tertiary alicyclic amines) is 1. The third-order valence-electron chi connectivity index (χ3n) is 2.53. The first-order chi connectivity index (χ1) is 6.74. The lowest BCUT2D eigenvalue weighted by Crippen LogP contribution is -2.24. The average Bonchev–Trinajstić information content (AvgIpc) is 2.51. The molecular formula is C10H16N4. The number of likely N-dealkylation sites (N-methyl/N-ethyl adjacent to an activating group) is 1. The second kappa shape index (κ2) is 3.92. The molecule has 1 fully saturated rings. The van der Waals surface area contributed by atoms with E-state index in [0.717, 1.165) is 24.5 Å². The molecule has 0 aliphatic carbocycles. The molecule has 1 unspecified atom stereocenters. The maximum Gasteiger partial charge on any atom is 0.149 e. The molecule has 76 valence electrons. The van der Waals surface area contributed by atoms with Crippen LogP contribution in [0.4, 0.5) is 5.82 Å². The van der Waals surface area contributed by atoms with Crippen molar-refractivity contribution in [1.82, 2.24) is 15.1 Å². The Labute approximate surface area is 84.3 Å². The number of aromatic nitrogens is 2. The van der Waals surface area contributed by atoms with Crippen LogP contribution >= 0.6 is 0 Å². The molecular weight excluding hydrogens is 176 g/mol. The van der Waals surface area contributed by atoms with Crippen LogP contribution in [0.15, 0.2) is 12.3 Å². The molecule has 1 atom stereocenters. The van der Waals surface area contributed by atoms with Crippen molar-refractivity contribution < 1.29 is 0 Å². The highest BCUT2D eigenvalue weighted by Gasteiger charge is 2.19. The smallest absolute Gasteiger partial charge is 0.149 e. The van der Waals surface area contributed by atoms with Crippen molar-refractivity contribution >= 4 is 5.82 Å². The van der Waals surface area contributed by atoms with E-state index in [1.54, 1.807) is 6.20 Å². The molecule has 1 aliphatic heterocycles. The van der Waals surface area contributed by atoms with E-state index in [2.05, 4.69) is 27.5 Å². The Hall–Kier alpha value is -1.16. The van der Waals surface area contributed by atoms with Crippen molar-refractivity contribution in [1.29, 1.82) is 0 Å². The second-order valence-electron chi connectivity index (χ2n) is 4.01. The number of anilines is 1. The van der Waals surface area contributed by atoms with Gasteiger partial charge in [0, 0.05) is 12.6 Å². The van der Waals surface area contributed by atoms with E-state index >= 15 is 0 Å². The molecule has 0 bridgehead atoms. The van der Waals surface area contributed by atoms with Gasteiger partial charge < -0.3 is 10.2 Å². The molecule has 1 saturated heterocycles. The molecule has 0 spiro atoms. The zero-order valence-electron chi connectivity index (χ0n) is 8.70. The molecule has 2 rings (SSSR count). The first-order valence-electron chi connectivity index (χ1n) is 4.98. The van der Waals surface area contributed by atoms with Gasteiger partial charge in [0.05, 0.1) is 6.20 Å². The zero-order chi connectivity index (χ0) is 9.97. The highest BCUT2D eigenvalue weighted by molar-refractivity contribution is 5.36. The molecule has 1 aromatic heterocycles. The van der Waals surface area contributed by atoms with E-state index in [1.165, 1.54) is 6.42 Å². The summed E-state index contributed by atoms with van der Waals surface area (Å²) in [5.41, 5.74) is 1.15. The number of nitrogens with one attached hydrogen (secondary N) is 1. The molecule has 14 heavy (non-hydrogen) atoms. The van der Waals surface area contributed by atoms with E-state index in [4.69, 9.17) is 0 Å². The van der Waals surface area contributed by atoms with Crippen LogP contribution in [0.5, 0.6) is 0 Å². The summed E-state index contributed by atoms with van der Waals surface area (Å²) in [6.07, 6.45) is 2.96. The number of nitrogens with zero attached hydrogens (tertiary/aromatic N) is 3. The van der Waals surface area contributed by atoms with Crippen LogP contribution in [0.25, 0.3) is 0 Å². The van der Waals surface area contributed by atoms with Gasteiger partial charge in [0.15, 0.2) is 0 Å². The monoisotopic (exact) mass is 192 g/mol. The summed E-state index contributed by atoms with van der Waals surface area (Å²) in [7, 11) is 2.14. The third kappa shape index (κ3) is 2.20. The van der Waals surface area contributed by atoms with Crippen LogP contribution in [-0.4, -0.2) is 41.3 Å². The largest absolute Gasteiger partial charge is 0.365 e. The van der Waals surface area contributed by atoms with Crippen LogP contribution in [0.3, 0.4) is 0 Å². The predicted molar refractivity (Wildman–Crippen MR) is 56.3 cm³/mol. The van der Waals surface area contributed by atoms with E-state index in [1.807, 2.05) is 13.0 Å². The van der Waals surface area contributed by atoms with Crippen LogP contribution in [0.2, 0.25) is 0 Å². The van der Waals surface area contributed by atoms with Gasteiger partial charge in [-0.05, 0) is 38.6 Å². The normalized spacial score (nSPS) is 22.6. The van der Waals surface area contributed by atoms with Crippen LogP contribution in [0, 0.1) is 6.92 Å². The van der Waals surface area contributed by atoms with Crippen molar-refractivity contribution in [3.05, 3.63) is 17.8 Å². The second-order valence-corrected chi connectivity index (χ2v) is 4.01. The topological polar surface area (TPSA) is 41.1 Å². The number of aryl methyl sites for hydroxylation is 1. The Morgan fingerprint density at radius 2 is 2.43 bits per heavy atom. The van der Waals surface area contributed by atoms with Gasteiger partial charge in [0.25, 0.3) is 0 Å². The molecule has 4 nitrogen and oxygen atoms in total. The first-order valence-corrected chi connectivity index (χ1v) is 4.98. The van der Waals surface area contributed by atoms with Gasteiger partial charge in [-0.25, -0.2) is 0 Å². The summed E-state index contributed by atoms with van der Waals surface area (Å²) in [6.45, 7) is 4.28. The Kier molecular flexibility index (Phi) is 2.63. The van der Waals surface area contributed by atoms with Crippen molar-refractivity contribution in [2.24, 2.45) is 0 Å². The standard InChI is InChI=1S/C10H16N4/c1-8-5-10(13-11-6-8)12-9-3-4-14(2)7-9/h5-6,9H,3-4,7H2,1-2H3,(H,12,13). The summed E-state index contributed by atoms with van der Waals surface area (Å²) in [6, 6.07) is 2.56. The lowest BCUT2D eigenvalue weighted by molar-refractivity contribution is 0.414. The van der Waals surface area contributed by atoms with Crippen LogP contribution in [0.1, 0.15) is 12.0 Å². The Morgan fingerprint density at radius 1 is 1.57 bits per heavy atom. The third-order valence-corrected chi connectivity index (χ3v) is 2.53. The van der Waals surface area contributed by atoms with Gasteiger partial charge in [0.2, 0.25) is 0 Å². The minimum Gasteiger partial charge on any atom is -0.365 e. The summed E-state index contributed by atoms with van der Waals surface area (Å²) in [5, 5.41) is 11.4. The van der Waals surface area contributed by atoms with E-state index in [0.29, 0.717) is 6.04 Å². The maximum atomic E-state index is 4.05. The Morgan fingerprint density at radius 3 is 3.07 bits per heavy atom. The molecule has 1 aliphatic rings. The molecule has 2 heterocycles. The van der Waals surface area contributed by atoms with Gasteiger partial charge in [-0.15, -0.1) is 5.10 Å². The number of rotatable bonds is 2. The summed E-state index contributed by atoms with van der Waals surface area (Å²) < 4.78 is 0. The Bertz CT molecular complexity index is 313. The van der Waals surface area contributed by atoms with Crippen LogP contribution < -0.4 is 5.32 Å². The molecule has 0 radical (unpaired) electrons. The van der Waals surface area contributed by atoms with E-state index in [9.17, 15) is 0 Å². The molecule has 0 aromatic carbocycles. The van der Waals surface area contributed by atoms with Crippen molar-refractivity contribution in [2.45, 2.75) is 19.4 Å². The van der Waals surface area contributed by atoms with Crippen molar-refractivity contribution in [2.75, 3.05) is 25.5 Å². The lowest BCUT2D eigenvalue weighted by atomic mass is 10.2. The minimum atomic E-state index is 0.524. The van der Waals surface area contributed by atoms with Crippen molar-refractivity contribution in [3.8, 4) is 0 Å². The van der Waals surface area contributed by atoms with Gasteiger partial charge >= 0.3 is 0 Å². The molecule has 4 heteroatoms. The number of hydrogen-bond donors (Lipinski definition) is 1. The average molecular weight is 192 g/mol. The summed E-state index contributed by atoms with van der Waals surface area (Å²) in [5.74, 6) is 0.894. The molecule has 0 amide bonds. The van der Waals surface area contributed by atoms with Crippen molar-refractivity contribution in [3.63, 3.8) is 0 Å². The fraction of sp³-hybridized carbons (Fsp3) is 0.600. The fourth-order valence-electron chi connectivity index (χ4n) is 1.80. The van der Waals surface area contributed by atoms with Gasteiger partial charge in [-0.2, -0.15) is 5.10 Å². The predicted octanol–water partition coefficient (Wildman–Crippen LogP) is 0.901. The molecule has 1 N–H and O–H groups in total. The zero-order valence-corrected chi connectivity index (χ0v) is 8.70.